The summed E-state index contributed by atoms with van der Waals surface area (Å²) in [6.45, 7) is 0. The first-order chi connectivity index (χ1) is 10.1. The molecule has 0 atom stereocenters. The molecule has 2 fully saturated rings. The Balaban J connectivity index is 2.01. The van der Waals surface area contributed by atoms with Crippen LogP contribution in [-0.4, -0.2) is 21.6 Å². The van der Waals surface area contributed by atoms with Crippen molar-refractivity contribution in [2.24, 2.45) is 12.5 Å². The molecule has 0 aromatic carbocycles. The Bertz CT molecular complexity index is 633. The minimum atomic E-state index is -0.551. The van der Waals surface area contributed by atoms with Crippen molar-refractivity contribution in [1.82, 2.24) is 9.78 Å². The third-order valence-corrected chi connectivity index (χ3v) is 4.70. The maximum absolute atomic E-state index is 12.9. The number of nitrogens with zero attached hydrogens (tertiary/aromatic N) is 4. The Hall–Kier alpha value is -2.16. The van der Waals surface area contributed by atoms with Gasteiger partial charge in [-0.1, -0.05) is 25.7 Å². The number of nitriles is 1. The van der Waals surface area contributed by atoms with Gasteiger partial charge in [-0.25, -0.2) is 4.90 Å². The van der Waals surface area contributed by atoms with Crippen LogP contribution in [0.25, 0.3) is 0 Å². The predicted octanol–water partition coefficient (Wildman–Crippen LogP) is 1.90. The van der Waals surface area contributed by atoms with Crippen molar-refractivity contribution in [1.29, 1.82) is 5.26 Å². The Kier molecular flexibility index (Phi) is 3.28. The van der Waals surface area contributed by atoms with E-state index in [9.17, 15) is 9.59 Å². The molecule has 2 amide bonds. The standard InChI is InChI=1S/C15H18N4O2/c1-18-13(11(9-16)10-17-18)19-12(20)8-15(14(19)21)6-4-2-3-5-7-15/h10H,2-8H2,1H3. The molecule has 2 heterocycles. The number of amides is 2. The Morgan fingerprint density at radius 3 is 2.52 bits per heavy atom. The highest BCUT2D eigenvalue weighted by molar-refractivity contribution is 6.22. The third-order valence-electron chi connectivity index (χ3n) is 4.70. The van der Waals surface area contributed by atoms with Crippen LogP contribution in [0.15, 0.2) is 6.20 Å². The molecule has 6 heteroatoms. The van der Waals surface area contributed by atoms with Crippen LogP contribution < -0.4 is 4.90 Å². The van der Waals surface area contributed by atoms with Crippen molar-refractivity contribution >= 4 is 17.6 Å². The van der Waals surface area contributed by atoms with Gasteiger partial charge in [0, 0.05) is 13.5 Å². The maximum Gasteiger partial charge on any atom is 0.241 e. The first-order valence-corrected chi connectivity index (χ1v) is 7.38. The second kappa shape index (κ2) is 4.99. The summed E-state index contributed by atoms with van der Waals surface area (Å²) in [7, 11) is 1.65. The van der Waals surface area contributed by atoms with Gasteiger partial charge in [-0.05, 0) is 12.8 Å². The lowest BCUT2D eigenvalue weighted by atomic mass is 9.79. The van der Waals surface area contributed by atoms with Crippen LogP contribution in [0.5, 0.6) is 0 Å². The molecular formula is C15H18N4O2. The second-order valence-electron chi connectivity index (χ2n) is 6.02. The van der Waals surface area contributed by atoms with E-state index in [1.165, 1.54) is 15.8 Å². The van der Waals surface area contributed by atoms with E-state index < -0.39 is 5.41 Å². The molecule has 1 spiro atoms. The van der Waals surface area contributed by atoms with Crippen LogP contribution in [0.3, 0.4) is 0 Å². The maximum atomic E-state index is 12.9. The van der Waals surface area contributed by atoms with Crippen LogP contribution in [0.2, 0.25) is 0 Å². The molecule has 1 aliphatic carbocycles. The van der Waals surface area contributed by atoms with Crippen LogP contribution in [0.4, 0.5) is 5.82 Å². The molecule has 1 aromatic heterocycles. The molecule has 0 radical (unpaired) electrons. The molecule has 6 nitrogen and oxygen atoms in total. The van der Waals surface area contributed by atoms with Crippen molar-refractivity contribution in [2.75, 3.05) is 4.90 Å². The van der Waals surface area contributed by atoms with E-state index >= 15 is 0 Å². The van der Waals surface area contributed by atoms with Gasteiger partial charge in [-0.3, -0.25) is 14.3 Å². The molecule has 21 heavy (non-hydrogen) atoms. The number of rotatable bonds is 1. The predicted molar refractivity (Wildman–Crippen MR) is 75.2 cm³/mol. The van der Waals surface area contributed by atoms with E-state index in [0.29, 0.717) is 5.82 Å². The lowest BCUT2D eigenvalue weighted by Gasteiger charge is -2.24. The minimum Gasteiger partial charge on any atom is -0.274 e. The monoisotopic (exact) mass is 286 g/mol. The van der Waals surface area contributed by atoms with Crippen LogP contribution >= 0.6 is 0 Å². The van der Waals surface area contributed by atoms with Gasteiger partial charge < -0.3 is 0 Å². The zero-order chi connectivity index (χ0) is 15.0. The summed E-state index contributed by atoms with van der Waals surface area (Å²) < 4.78 is 1.43. The summed E-state index contributed by atoms with van der Waals surface area (Å²) >= 11 is 0. The molecule has 110 valence electrons. The molecule has 1 aliphatic heterocycles. The molecule has 0 bridgehead atoms. The van der Waals surface area contributed by atoms with Crippen LogP contribution in [0.1, 0.15) is 50.5 Å². The molecule has 1 saturated heterocycles. The first kappa shape index (κ1) is 13.8. The first-order valence-electron chi connectivity index (χ1n) is 7.38. The van der Waals surface area contributed by atoms with Crippen molar-refractivity contribution in [3.8, 4) is 6.07 Å². The molecule has 3 rings (SSSR count). The molecular weight excluding hydrogens is 268 g/mol. The molecule has 1 aromatic rings. The van der Waals surface area contributed by atoms with E-state index in [1.807, 2.05) is 6.07 Å². The van der Waals surface area contributed by atoms with Crippen molar-refractivity contribution in [3.05, 3.63) is 11.8 Å². The Morgan fingerprint density at radius 2 is 1.90 bits per heavy atom. The highest BCUT2D eigenvalue weighted by Crippen LogP contribution is 2.45. The molecule has 0 unspecified atom stereocenters. The number of hydrogen-bond donors (Lipinski definition) is 0. The smallest absolute Gasteiger partial charge is 0.241 e. The van der Waals surface area contributed by atoms with Gasteiger partial charge >= 0.3 is 0 Å². The van der Waals surface area contributed by atoms with Gasteiger partial charge in [0.15, 0.2) is 5.82 Å². The quantitative estimate of drug-likeness (QED) is 0.738. The number of hydrogen-bond acceptors (Lipinski definition) is 4. The number of carbonyl (C=O) groups is 2. The summed E-state index contributed by atoms with van der Waals surface area (Å²) in [5, 5.41) is 13.2. The summed E-state index contributed by atoms with van der Waals surface area (Å²) in [6.07, 6.45) is 7.43. The summed E-state index contributed by atoms with van der Waals surface area (Å²) in [6, 6.07) is 2.01. The number of aromatic nitrogens is 2. The Labute approximate surface area is 123 Å². The van der Waals surface area contributed by atoms with E-state index in [-0.39, 0.29) is 23.8 Å². The lowest BCUT2D eigenvalue weighted by molar-refractivity contribution is -0.126. The van der Waals surface area contributed by atoms with Crippen molar-refractivity contribution in [3.63, 3.8) is 0 Å². The summed E-state index contributed by atoms with van der Waals surface area (Å²) in [4.78, 5) is 26.6. The van der Waals surface area contributed by atoms with Gasteiger partial charge in [-0.15, -0.1) is 0 Å². The van der Waals surface area contributed by atoms with Crippen molar-refractivity contribution in [2.45, 2.75) is 44.9 Å². The van der Waals surface area contributed by atoms with E-state index in [2.05, 4.69) is 5.10 Å². The minimum absolute atomic E-state index is 0.144. The molecule has 0 N–H and O–H groups in total. The third kappa shape index (κ3) is 2.04. The number of carbonyl (C=O) groups excluding carboxylic acids is 2. The van der Waals surface area contributed by atoms with E-state index in [1.54, 1.807) is 7.05 Å². The average Bonchev–Trinajstić information content (AvgIpc) is 2.81. The number of anilines is 1. The SMILES string of the molecule is Cn1ncc(C#N)c1N1C(=O)CC2(CCCCCC2)C1=O. The fourth-order valence-electron chi connectivity index (χ4n) is 3.58. The fourth-order valence-corrected chi connectivity index (χ4v) is 3.58. The second-order valence-corrected chi connectivity index (χ2v) is 6.02. The zero-order valence-corrected chi connectivity index (χ0v) is 12.1. The number of aryl methyl sites for hydroxylation is 1. The lowest BCUT2D eigenvalue weighted by Crippen LogP contribution is -2.37. The molecule has 1 saturated carbocycles. The van der Waals surface area contributed by atoms with Gasteiger partial charge in [0.25, 0.3) is 0 Å². The van der Waals surface area contributed by atoms with Gasteiger partial charge in [0.2, 0.25) is 11.8 Å². The van der Waals surface area contributed by atoms with Gasteiger partial charge in [0.05, 0.1) is 11.6 Å². The fraction of sp³-hybridized carbons (Fsp3) is 0.600. The summed E-state index contributed by atoms with van der Waals surface area (Å²) in [5.41, 5.74) is -0.283. The topological polar surface area (TPSA) is 79.0 Å². The van der Waals surface area contributed by atoms with Crippen LogP contribution in [0, 0.1) is 16.7 Å². The van der Waals surface area contributed by atoms with Gasteiger partial charge in [-0.2, -0.15) is 10.4 Å². The van der Waals surface area contributed by atoms with E-state index in [4.69, 9.17) is 5.26 Å². The number of imide groups is 1. The zero-order valence-electron chi connectivity index (χ0n) is 12.1. The largest absolute Gasteiger partial charge is 0.274 e. The summed E-state index contributed by atoms with van der Waals surface area (Å²) in [5.74, 6) is -0.0369. The van der Waals surface area contributed by atoms with Crippen molar-refractivity contribution < 1.29 is 9.59 Å². The highest BCUT2D eigenvalue weighted by atomic mass is 16.2. The van der Waals surface area contributed by atoms with Gasteiger partial charge in [0.1, 0.15) is 11.6 Å². The average molecular weight is 286 g/mol. The highest BCUT2D eigenvalue weighted by Gasteiger charge is 2.52. The Morgan fingerprint density at radius 1 is 1.24 bits per heavy atom. The normalized spacial score (nSPS) is 21.6. The van der Waals surface area contributed by atoms with Crippen LogP contribution in [-0.2, 0) is 16.6 Å². The van der Waals surface area contributed by atoms with E-state index in [0.717, 1.165) is 38.5 Å². The molecule has 2 aliphatic rings.